The van der Waals surface area contributed by atoms with Crippen LogP contribution in [-0.2, 0) is 17.8 Å². The summed E-state index contributed by atoms with van der Waals surface area (Å²) in [7, 11) is 0. The van der Waals surface area contributed by atoms with Crippen LogP contribution in [-0.4, -0.2) is 52.9 Å². The molecule has 1 saturated heterocycles. The van der Waals surface area contributed by atoms with Crippen LogP contribution in [0.15, 0.2) is 18.2 Å². The molecular formula is C20H25ClN4O2. The molecule has 2 N–H and O–H groups in total. The highest BCUT2D eigenvalue weighted by Gasteiger charge is 2.25. The van der Waals surface area contributed by atoms with Gasteiger partial charge in [-0.15, -0.1) is 0 Å². The molecule has 4 rings (SSSR count). The molecule has 1 aromatic heterocycles. The summed E-state index contributed by atoms with van der Waals surface area (Å²) in [6.07, 6.45) is 5.26. The van der Waals surface area contributed by atoms with Crippen molar-refractivity contribution in [3.05, 3.63) is 34.5 Å². The van der Waals surface area contributed by atoms with Crippen molar-refractivity contribution in [1.82, 2.24) is 20.1 Å². The van der Waals surface area contributed by atoms with Gasteiger partial charge in [0.15, 0.2) is 0 Å². The van der Waals surface area contributed by atoms with Crippen molar-refractivity contribution >= 4 is 34.4 Å². The molecule has 2 aliphatic heterocycles. The molecular weight excluding hydrogens is 364 g/mol. The van der Waals surface area contributed by atoms with E-state index < -0.39 is 0 Å². The zero-order valence-electron chi connectivity index (χ0n) is 15.4. The molecule has 0 spiro atoms. The quantitative estimate of drug-likeness (QED) is 0.828. The summed E-state index contributed by atoms with van der Waals surface area (Å²) in [5, 5.41) is 4.66. The maximum atomic E-state index is 12.5. The Morgan fingerprint density at radius 1 is 1.07 bits per heavy atom. The number of hydrogen-bond acceptors (Lipinski definition) is 2. The van der Waals surface area contributed by atoms with Crippen molar-refractivity contribution < 1.29 is 9.59 Å². The summed E-state index contributed by atoms with van der Waals surface area (Å²) in [5.41, 5.74) is 3.33. The number of halogens is 1. The Balaban J connectivity index is 1.36. The number of benzene rings is 1. The molecule has 0 bridgehead atoms. The third-order valence-corrected chi connectivity index (χ3v) is 5.81. The Morgan fingerprint density at radius 3 is 2.63 bits per heavy atom. The van der Waals surface area contributed by atoms with Gasteiger partial charge in [-0.3, -0.25) is 4.79 Å². The van der Waals surface area contributed by atoms with E-state index in [0.29, 0.717) is 13.1 Å². The Morgan fingerprint density at radius 2 is 1.85 bits per heavy atom. The van der Waals surface area contributed by atoms with Gasteiger partial charge in [0.2, 0.25) is 5.91 Å². The maximum absolute atomic E-state index is 12.5. The summed E-state index contributed by atoms with van der Waals surface area (Å²) < 4.78 is 0. The lowest BCUT2D eigenvalue weighted by Crippen LogP contribution is -2.47. The van der Waals surface area contributed by atoms with Crippen LogP contribution < -0.4 is 5.32 Å². The molecule has 27 heavy (non-hydrogen) atoms. The number of nitrogens with zero attached hydrogens (tertiary/aromatic N) is 2. The number of amides is 3. The van der Waals surface area contributed by atoms with Crippen LogP contribution in [0, 0.1) is 0 Å². The van der Waals surface area contributed by atoms with Gasteiger partial charge in [-0.2, -0.15) is 0 Å². The summed E-state index contributed by atoms with van der Waals surface area (Å²) in [6, 6.07) is 5.63. The van der Waals surface area contributed by atoms with Gasteiger partial charge < -0.3 is 20.1 Å². The fraction of sp³-hybridized carbons (Fsp3) is 0.500. The number of nitrogens with one attached hydrogen (secondary N) is 2. The van der Waals surface area contributed by atoms with Gasteiger partial charge in [0, 0.05) is 41.3 Å². The van der Waals surface area contributed by atoms with Crippen LogP contribution in [0.4, 0.5) is 4.79 Å². The molecule has 1 aromatic carbocycles. The maximum Gasteiger partial charge on any atom is 0.318 e. The fourth-order valence-corrected chi connectivity index (χ4v) is 4.25. The molecule has 7 heteroatoms. The first kappa shape index (κ1) is 18.2. The van der Waals surface area contributed by atoms with E-state index in [1.807, 2.05) is 23.1 Å². The second-order valence-electron chi connectivity index (χ2n) is 7.40. The smallest absolute Gasteiger partial charge is 0.318 e. The normalized spacial score (nSPS) is 17.5. The lowest BCUT2D eigenvalue weighted by Gasteiger charge is -2.28. The first-order chi connectivity index (χ1) is 13.1. The molecule has 3 heterocycles. The topological polar surface area (TPSA) is 68.4 Å². The van der Waals surface area contributed by atoms with E-state index in [1.54, 1.807) is 4.90 Å². The molecule has 1 fully saturated rings. The molecule has 0 unspecified atom stereocenters. The van der Waals surface area contributed by atoms with Crippen LogP contribution in [0.25, 0.3) is 10.9 Å². The van der Waals surface area contributed by atoms with Crippen molar-refractivity contribution in [2.75, 3.05) is 26.2 Å². The van der Waals surface area contributed by atoms with Crippen LogP contribution in [0.1, 0.15) is 36.9 Å². The van der Waals surface area contributed by atoms with E-state index in [0.717, 1.165) is 54.0 Å². The van der Waals surface area contributed by atoms with Gasteiger partial charge in [-0.25, -0.2) is 4.79 Å². The fourth-order valence-electron chi connectivity index (χ4n) is 4.08. The number of urea groups is 1. The largest absolute Gasteiger partial charge is 0.357 e. The van der Waals surface area contributed by atoms with Gasteiger partial charge in [-0.1, -0.05) is 24.4 Å². The molecule has 2 aliphatic rings. The van der Waals surface area contributed by atoms with Gasteiger partial charge >= 0.3 is 6.03 Å². The number of carbonyl (C=O) groups is 2. The second-order valence-corrected chi connectivity index (χ2v) is 7.83. The number of hydrogen-bond donors (Lipinski definition) is 2. The molecule has 0 radical (unpaired) electrons. The van der Waals surface area contributed by atoms with E-state index >= 15 is 0 Å². The van der Waals surface area contributed by atoms with E-state index in [4.69, 9.17) is 11.6 Å². The van der Waals surface area contributed by atoms with Crippen LogP contribution in [0.5, 0.6) is 0 Å². The zero-order chi connectivity index (χ0) is 18.8. The average molecular weight is 389 g/mol. The summed E-state index contributed by atoms with van der Waals surface area (Å²) >= 11 is 6.12. The van der Waals surface area contributed by atoms with Crippen molar-refractivity contribution in [2.24, 2.45) is 0 Å². The van der Waals surface area contributed by atoms with Gasteiger partial charge in [0.25, 0.3) is 0 Å². The highest BCUT2D eigenvalue weighted by molar-refractivity contribution is 6.31. The number of carbonyl (C=O) groups excluding carboxylic acids is 2. The summed E-state index contributed by atoms with van der Waals surface area (Å²) in [4.78, 5) is 31.9. The summed E-state index contributed by atoms with van der Waals surface area (Å²) in [6.45, 7) is 2.84. The Bertz CT molecular complexity index is 855. The van der Waals surface area contributed by atoms with E-state index in [2.05, 4.69) is 10.3 Å². The van der Waals surface area contributed by atoms with Gasteiger partial charge in [0.05, 0.1) is 13.1 Å². The molecule has 6 nitrogen and oxygen atoms in total. The molecule has 2 aromatic rings. The standard InChI is InChI=1S/C20H25ClN4O2/c21-14-5-6-17-16(11-14)15-7-10-25(13-18(15)23-17)20(27)22-12-19(26)24-8-3-1-2-4-9-24/h5-6,11,23H,1-4,7-10,12-13H2,(H,22,27). The third kappa shape index (κ3) is 3.90. The minimum atomic E-state index is -0.180. The van der Waals surface area contributed by atoms with Crippen LogP contribution in [0.3, 0.4) is 0 Å². The first-order valence-corrected chi connectivity index (χ1v) is 10.1. The lowest BCUT2D eigenvalue weighted by molar-refractivity contribution is -0.130. The molecule has 0 saturated carbocycles. The monoisotopic (exact) mass is 388 g/mol. The molecule has 0 atom stereocenters. The van der Waals surface area contributed by atoms with Gasteiger partial charge in [0.1, 0.15) is 0 Å². The first-order valence-electron chi connectivity index (χ1n) is 9.71. The summed E-state index contributed by atoms with van der Waals surface area (Å²) in [5.74, 6) is 0.0169. The highest BCUT2D eigenvalue weighted by atomic mass is 35.5. The predicted molar refractivity (Wildman–Crippen MR) is 106 cm³/mol. The average Bonchev–Trinajstić information content (AvgIpc) is 2.84. The van der Waals surface area contributed by atoms with E-state index in [-0.39, 0.29) is 18.5 Å². The Kier molecular flexibility index (Phi) is 5.25. The Hall–Kier alpha value is -2.21. The predicted octanol–water partition coefficient (Wildman–Crippen LogP) is 3.29. The minimum absolute atomic E-state index is 0.0169. The van der Waals surface area contributed by atoms with E-state index in [1.165, 1.54) is 18.4 Å². The third-order valence-electron chi connectivity index (χ3n) is 5.57. The Labute approximate surface area is 163 Å². The highest BCUT2D eigenvalue weighted by Crippen LogP contribution is 2.29. The molecule has 0 aliphatic carbocycles. The van der Waals surface area contributed by atoms with E-state index in [9.17, 15) is 9.59 Å². The number of H-pyrrole nitrogens is 1. The molecule has 144 valence electrons. The van der Waals surface area contributed by atoms with Crippen molar-refractivity contribution in [3.63, 3.8) is 0 Å². The van der Waals surface area contributed by atoms with Crippen molar-refractivity contribution in [3.8, 4) is 0 Å². The minimum Gasteiger partial charge on any atom is -0.357 e. The number of fused-ring (bicyclic) bond motifs is 3. The van der Waals surface area contributed by atoms with Crippen molar-refractivity contribution in [2.45, 2.75) is 38.6 Å². The van der Waals surface area contributed by atoms with Gasteiger partial charge in [-0.05, 0) is 43.0 Å². The lowest BCUT2D eigenvalue weighted by atomic mass is 10.0. The number of aromatic nitrogens is 1. The van der Waals surface area contributed by atoms with Crippen LogP contribution in [0.2, 0.25) is 5.02 Å². The van der Waals surface area contributed by atoms with Crippen molar-refractivity contribution in [1.29, 1.82) is 0 Å². The number of aromatic amines is 1. The SMILES string of the molecule is O=C(CNC(=O)N1CCc2c([nH]c3ccc(Cl)cc23)C1)N1CCCCCC1. The zero-order valence-corrected chi connectivity index (χ0v) is 16.1. The molecule has 3 amide bonds. The number of rotatable bonds is 2. The second kappa shape index (κ2) is 7.80. The number of likely N-dealkylation sites (tertiary alicyclic amines) is 1. The van der Waals surface area contributed by atoms with Crippen LogP contribution >= 0.6 is 11.6 Å².